The van der Waals surface area contributed by atoms with Crippen LogP contribution in [0.5, 0.6) is 5.75 Å². The van der Waals surface area contributed by atoms with Crippen LogP contribution in [-0.2, 0) is 0 Å². The number of benzene rings is 2. The predicted molar refractivity (Wildman–Crippen MR) is 104 cm³/mol. The van der Waals surface area contributed by atoms with Crippen LogP contribution in [0.1, 0.15) is 10.4 Å². The summed E-state index contributed by atoms with van der Waals surface area (Å²) < 4.78 is 38.0. The summed E-state index contributed by atoms with van der Waals surface area (Å²) in [5.41, 5.74) is 0.472. The Morgan fingerprint density at radius 1 is 1.21 bits per heavy atom. The van der Waals surface area contributed by atoms with E-state index in [2.05, 4.69) is 15.3 Å². The minimum Gasteiger partial charge on any atom is -0.493 e. The van der Waals surface area contributed by atoms with Gasteiger partial charge in [0.2, 0.25) is 5.55 Å². The maximum Gasteiger partial charge on any atom is 0.262 e. The maximum atomic E-state index is 13.6. The van der Waals surface area contributed by atoms with Gasteiger partial charge >= 0.3 is 0 Å². The number of carbonyl (C=O) groups is 1. The van der Waals surface area contributed by atoms with E-state index in [0.29, 0.717) is 21.9 Å². The van der Waals surface area contributed by atoms with E-state index in [1.54, 1.807) is 35.8 Å². The van der Waals surface area contributed by atoms with Crippen LogP contribution in [-0.4, -0.2) is 18.0 Å². The minimum absolute atomic E-state index is 0.0814. The molecule has 0 atom stereocenters. The molecule has 1 N–H and O–H groups in total. The van der Waals surface area contributed by atoms with Gasteiger partial charge in [-0.25, -0.2) is 18.8 Å². The van der Waals surface area contributed by atoms with Crippen LogP contribution in [0.4, 0.5) is 19.6 Å². The third-order valence-corrected chi connectivity index (χ3v) is 4.68. The molecule has 0 saturated carbocycles. The van der Waals surface area contributed by atoms with E-state index < -0.39 is 17.5 Å². The molecule has 0 saturated heterocycles. The van der Waals surface area contributed by atoms with Gasteiger partial charge in [-0.2, -0.15) is 0 Å². The summed E-state index contributed by atoms with van der Waals surface area (Å²) in [7, 11) is 1.49. The number of aromatic nitrogens is 1. The van der Waals surface area contributed by atoms with Crippen LogP contribution in [0.2, 0.25) is 0 Å². The fourth-order valence-electron chi connectivity index (χ4n) is 2.65. The third kappa shape index (κ3) is 3.85. The first-order chi connectivity index (χ1) is 14.0. The molecule has 146 valence electrons. The standard InChI is InChI=1S/C20H13F2N3O3S/c1-27-16-4-2-3-11-9-13(18(26)25-20-23-7-8-29-20)19(28-17(11)16)24-12-5-6-14(21)15(22)10-12/h2-10H,1H3,(H,23,25,26). The Hall–Kier alpha value is -3.59. The lowest BCUT2D eigenvalue weighted by Crippen LogP contribution is -2.21. The Labute approximate surface area is 167 Å². The number of rotatable bonds is 4. The van der Waals surface area contributed by atoms with Crippen molar-refractivity contribution in [3.63, 3.8) is 0 Å². The fourth-order valence-corrected chi connectivity index (χ4v) is 3.18. The molecule has 4 rings (SSSR count). The summed E-state index contributed by atoms with van der Waals surface area (Å²) in [5.74, 6) is -2.12. The molecular weight excluding hydrogens is 400 g/mol. The Bertz CT molecular complexity index is 1270. The predicted octanol–water partition coefficient (Wildman–Crippen LogP) is 4.66. The molecule has 0 radical (unpaired) electrons. The summed E-state index contributed by atoms with van der Waals surface area (Å²) >= 11 is 1.25. The number of fused-ring (bicyclic) bond motifs is 1. The number of hydrogen-bond acceptors (Lipinski definition) is 6. The van der Waals surface area contributed by atoms with Crippen molar-refractivity contribution in [3.8, 4) is 5.75 Å². The summed E-state index contributed by atoms with van der Waals surface area (Å²) in [6.45, 7) is 0. The minimum atomic E-state index is -1.06. The molecule has 0 aliphatic rings. The van der Waals surface area contributed by atoms with Gasteiger partial charge in [-0.05, 0) is 24.3 Å². The molecular formula is C20H13F2N3O3S. The van der Waals surface area contributed by atoms with Gasteiger partial charge in [0.1, 0.15) is 5.56 Å². The highest BCUT2D eigenvalue weighted by Crippen LogP contribution is 2.25. The Morgan fingerprint density at radius 3 is 2.79 bits per heavy atom. The Morgan fingerprint density at radius 2 is 2.07 bits per heavy atom. The molecule has 0 spiro atoms. The number of amides is 1. The van der Waals surface area contributed by atoms with Crippen molar-refractivity contribution in [2.45, 2.75) is 0 Å². The molecule has 2 heterocycles. The van der Waals surface area contributed by atoms with Crippen molar-refractivity contribution in [1.82, 2.24) is 4.98 Å². The number of anilines is 1. The first-order valence-corrected chi connectivity index (χ1v) is 9.24. The summed E-state index contributed by atoms with van der Waals surface area (Å²) in [6.07, 6.45) is 1.56. The number of nitrogens with zero attached hydrogens (tertiary/aromatic N) is 2. The van der Waals surface area contributed by atoms with Gasteiger partial charge in [-0.15, -0.1) is 11.3 Å². The third-order valence-electron chi connectivity index (χ3n) is 3.99. The normalized spacial score (nSPS) is 11.6. The summed E-state index contributed by atoms with van der Waals surface area (Å²) in [4.78, 5) is 21.0. The quantitative estimate of drug-likeness (QED) is 0.528. The van der Waals surface area contributed by atoms with Crippen molar-refractivity contribution in [3.05, 3.63) is 76.8 Å². The number of methoxy groups -OCH3 is 1. The number of carbonyl (C=O) groups excluding carboxylic acids is 1. The highest BCUT2D eigenvalue weighted by Gasteiger charge is 2.16. The van der Waals surface area contributed by atoms with E-state index in [4.69, 9.17) is 9.15 Å². The lowest BCUT2D eigenvalue weighted by molar-refractivity contribution is 0.102. The Balaban J connectivity index is 1.92. The second kappa shape index (κ2) is 7.80. The molecule has 4 aromatic rings. The molecule has 0 bridgehead atoms. The average Bonchev–Trinajstić information content (AvgIpc) is 3.22. The zero-order valence-corrected chi connectivity index (χ0v) is 15.8. The summed E-state index contributed by atoms with van der Waals surface area (Å²) in [6, 6.07) is 9.94. The zero-order valence-electron chi connectivity index (χ0n) is 15.0. The first-order valence-electron chi connectivity index (χ1n) is 8.36. The van der Waals surface area contributed by atoms with E-state index in [9.17, 15) is 13.6 Å². The molecule has 0 aliphatic carbocycles. The van der Waals surface area contributed by atoms with Gasteiger partial charge in [0.25, 0.3) is 5.91 Å². The highest BCUT2D eigenvalue weighted by atomic mass is 32.1. The molecule has 2 aromatic heterocycles. The second-order valence-electron chi connectivity index (χ2n) is 5.85. The van der Waals surface area contributed by atoms with Crippen molar-refractivity contribution in [2.24, 2.45) is 4.99 Å². The van der Waals surface area contributed by atoms with Gasteiger partial charge in [0, 0.05) is 23.0 Å². The van der Waals surface area contributed by atoms with Crippen molar-refractivity contribution in [2.75, 3.05) is 12.4 Å². The van der Waals surface area contributed by atoms with E-state index in [0.717, 1.165) is 12.1 Å². The van der Waals surface area contributed by atoms with Crippen LogP contribution in [0.3, 0.4) is 0 Å². The fraction of sp³-hybridized carbons (Fsp3) is 0.0500. The van der Waals surface area contributed by atoms with Crippen molar-refractivity contribution < 1.29 is 22.7 Å². The smallest absolute Gasteiger partial charge is 0.262 e. The van der Waals surface area contributed by atoms with E-state index in [1.807, 2.05) is 0 Å². The highest BCUT2D eigenvalue weighted by molar-refractivity contribution is 7.13. The van der Waals surface area contributed by atoms with Crippen LogP contribution >= 0.6 is 11.3 Å². The van der Waals surface area contributed by atoms with Crippen LogP contribution < -0.4 is 15.6 Å². The lowest BCUT2D eigenvalue weighted by Gasteiger charge is -2.07. The van der Waals surface area contributed by atoms with Gasteiger partial charge in [-0.3, -0.25) is 10.1 Å². The molecule has 2 aromatic carbocycles. The zero-order chi connectivity index (χ0) is 20.4. The van der Waals surface area contributed by atoms with Crippen LogP contribution in [0, 0.1) is 11.6 Å². The molecule has 29 heavy (non-hydrogen) atoms. The Kier molecular flexibility index (Phi) is 5.05. The molecule has 0 fully saturated rings. The van der Waals surface area contributed by atoms with Gasteiger partial charge < -0.3 is 9.15 Å². The number of thiazole rings is 1. The number of ether oxygens (including phenoxy) is 1. The van der Waals surface area contributed by atoms with Crippen molar-refractivity contribution >= 4 is 39.0 Å². The molecule has 9 heteroatoms. The largest absolute Gasteiger partial charge is 0.493 e. The average molecular weight is 413 g/mol. The molecule has 6 nitrogen and oxygen atoms in total. The summed E-state index contributed by atoms with van der Waals surface area (Å²) in [5, 5.41) is 5.39. The van der Waals surface area contributed by atoms with E-state index in [1.165, 1.54) is 24.5 Å². The van der Waals surface area contributed by atoms with Gasteiger partial charge in [0.05, 0.1) is 12.8 Å². The van der Waals surface area contributed by atoms with Crippen LogP contribution in [0.25, 0.3) is 11.0 Å². The lowest BCUT2D eigenvalue weighted by atomic mass is 10.1. The van der Waals surface area contributed by atoms with E-state index >= 15 is 0 Å². The molecule has 1 amide bonds. The van der Waals surface area contributed by atoms with E-state index in [-0.39, 0.29) is 16.8 Å². The first kappa shape index (κ1) is 18.8. The number of nitrogens with one attached hydrogen (secondary N) is 1. The van der Waals surface area contributed by atoms with Crippen molar-refractivity contribution in [1.29, 1.82) is 0 Å². The number of hydrogen-bond donors (Lipinski definition) is 1. The monoisotopic (exact) mass is 413 g/mol. The van der Waals surface area contributed by atoms with Crippen LogP contribution in [0.15, 0.2) is 63.5 Å². The van der Waals surface area contributed by atoms with Gasteiger partial charge in [-0.1, -0.05) is 12.1 Å². The van der Waals surface area contributed by atoms with Gasteiger partial charge in [0.15, 0.2) is 28.1 Å². The number of para-hydroxylation sites is 1. The molecule has 0 aliphatic heterocycles. The molecule has 0 unspecified atom stereocenters. The SMILES string of the molecule is COc1cccc2cc(C(=O)Nc3nccs3)c(=Nc3ccc(F)c(F)c3)oc12. The number of halogens is 2. The topological polar surface area (TPSA) is 76.7 Å². The second-order valence-corrected chi connectivity index (χ2v) is 6.74. The maximum absolute atomic E-state index is 13.6.